The van der Waals surface area contributed by atoms with E-state index in [1.54, 1.807) is 0 Å². The molecule has 0 amide bonds. The van der Waals surface area contributed by atoms with Crippen LogP contribution in [0.4, 0.5) is 11.4 Å². The lowest BCUT2D eigenvalue weighted by atomic mass is 10.1. The van der Waals surface area contributed by atoms with Gasteiger partial charge < -0.3 is 15.5 Å². The first-order chi connectivity index (χ1) is 9.15. The summed E-state index contributed by atoms with van der Waals surface area (Å²) in [5.41, 5.74) is 3.62. The van der Waals surface area contributed by atoms with Crippen molar-refractivity contribution in [3.8, 4) is 0 Å². The number of nitrogens with one attached hydrogen (secondary N) is 2. The van der Waals surface area contributed by atoms with E-state index >= 15 is 0 Å². The first kappa shape index (κ1) is 14.2. The average molecular weight is 325 g/mol. The van der Waals surface area contributed by atoms with Crippen molar-refractivity contribution >= 4 is 33.3 Å². The highest BCUT2D eigenvalue weighted by Gasteiger charge is 2.13. The Labute approximate surface area is 123 Å². The number of anilines is 2. The Kier molecular flexibility index (Phi) is 4.69. The van der Waals surface area contributed by atoms with Crippen molar-refractivity contribution in [1.82, 2.24) is 5.32 Å². The molecule has 0 unspecified atom stereocenters. The molecule has 0 atom stereocenters. The monoisotopic (exact) mass is 324 g/mol. The van der Waals surface area contributed by atoms with Gasteiger partial charge in [0, 0.05) is 35.5 Å². The number of hydrogen-bond donors (Lipinski definition) is 2. The lowest BCUT2D eigenvalue weighted by Gasteiger charge is -2.25. The Morgan fingerprint density at radius 2 is 2.11 bits per heavy atom. The minimum Gasteiger partial charge on any atom is -0.372 e. The van der Waals surface area contributed by atoms with Crippen molar-refractivity contribution in [1.29, 1.82) is 0 Å². The lowest BCUT2D eigenvalue weighted by Crippen LogP contribution is -2.27. The summed E-state index contributed by atoms with van der Waals surface area (Å²) in [7, 11) is 0. The fourth-order valence-electron chi connectivity index (χ4n) is 2.30. The summed E-state index contributed by atoms with van der Waals surface area (Å²) in [6.45, 7) is 10.3. The van der Waals surface area contributed by atoms with Gasteiger partial charge in [0.1, 0.15) is 0 Å². The maximum atomic E-state index is 4.38. The van der Waals surface area contributed by atoms with Crippen molar-refractivity contribution in [2.45, 2.75) is 20.8 Å². The molecule has 0 bridgehead atoms. The molecule has 1 aromatic rings. The van der Waals surface area contributed by atoms with Crippen LogP contribution in [0.25, 0.3) is 0 Å². The fourth-order valence-corrected chi connectivity index (χ4v) is 2.74. The Morgan fingerprint density at radius 1 is 1.37 bits per heavy atom. The third-order valence-corrected chi connectivity index (χ3v) is 3.83. The van der Waals surface area contributed by atoms with Crippen LogP contribution in [-0.4, -0.2) is 32.1 Å². The Hall–Kier alpha value is -1.23. The maximum Gasteiger partial charge on any atom is 0.195 e. The lowest BCUT2D eigenvalue weighted by molar-refractivity contribution is 0.861. The van der Waals surface area contributed by atoms with E-state index < -0.39 is 0 Å². The number of aliphatic imine (C=N–C) groups is 1. The van der Waals surface area contributed by atoms with Crippen LogP contribution in [0.3, 0.4) is 0 Å². The second-order valence-electron chi connectivity index (χ2n) is 4.55. The van der Waals surface area contributed by atoms with E-state index in [0.717, 1.165) is 42.3 Å². The van der Waals surface area contributed by atoms with E-state index in [1.807, 2.05) is 0 Å². The molecule has 1 aromatic carbocycles. The molecule has 0 radical (unpaired) electrons. The summed E-state index contributed by atoms with van der Waals surface area (Å²) in [4.78, 5) is 6.74. The molecule has 0 fully saturated rings. The van der Waals surface area contributed by atoms with Gasteiger partial charge in [-0.25, -0.2) is 0 Å². The number of guanidine groups is 1. The van der Waals surface area contributed by atoms with E-state index in [2.05, 4.69) is 69.4 Å². The van der Waals surface area contributed by atoms with Gasteiger partial charge in [-0.15, -0.1) is 0 Å². The molecule has 2 rings (SSSR count). The first-order valence-corrected chi connectivity index (χ1v) is 7.55. The highest BCUT2D eigenvalue weighted by molar-refractivity contribution is 9.10. The van der Waals surface area contributed by atoms with E-state index in [9.17, 15) is 0 Å². The molecule has 0 aliphatic carbocycles. The molecule has 1 aliphatic heterocycles. The summed E-state index contributed by atoms with van der Waals surface area (Å²) in [5.74, 6) is 0.867. The number of halogens is 1. The number of benzene rings is 1. The first-order valence-electron chi connectivity index (χ1n) is 6.76. The van der Waals surface area contributed by atoms with E-state index in [1.165, 1.54) is 11.3 Å². The third-order valence-electron chi connectivity index (χ3n) is 3.38. The quantitative estimate of drug-likeness (QED) is 0.894. The largest absolute Gasteiger partial charge is 0.372 e. The Bertz CT molecular complexity index is 481. The van der Waals surface area contributed by atoms with Crippen molar-refractivity contribution in [3.05, 3.63) is 22.2 Å². The minimum atomic E-state index is 0.846. The van der Waals surface area contributed by atoms with Crippen LogP contribution < -0.4 is 15.5 Å². The average Bonchev–Trinajstić information content (AvgIpc) is 2.89. The zero-order valence-electron chi connectivity index (χ0n) is 11.8. The minimum absolute atomic E-state index is 0.846. The van der Waals surface area contributed by atoms with Crippen LogP contribution in [-0.2, 0) is 0 Å². The molecule has 0 aromatic heterocycles. The summed E-state index contributed by atoms with van der Waals surface area (Å²) in [5, 5.41) is 6.61. The molecule has 1 aliphatic rings. The van der Waals surface area contributed by atoms with Gasteiger partial charge in [-0.05, 0) is 38.5 Å². The van der Waals surface area contributed by atoms with E-state index in [0.29, 0.717) is 0 Å². The standard InChI is InChI=1S/C14H21BrN4/c1-4-19(5-2)13-9-11(15)8-12(10(13)3)18-14-16-6-7-17-14/h8-9H,4-7H2,1-3H3,(H2,16,17,18). The second-order valence-corrected chi connectivity index (χ2v) is 5.47. The highest BCUT2D eigenvalue weighted by Crippen LogP contribution is 2.31. The summed E-state index contributed by atoms with van der Waals surface area (Å²) >= 11 is 3.60. The van der Waals surface area contributed by atoms with E-state index in [-0.39, 0.29) is 0 Å². The molecule has 104 valence electrons. The van der Waals surface area contributed by atoms with Crippen molar-refractivity contribution in [2.24, 2.45) is 4.99 Å². The third kappa shape index (κ3) is 3.21. The molecular weight excluding hydrogens is 304 g/mol. The van der Waals surface area contributed by atoms with Gasteiger partial charge in [-0.2, -0.15) is 0 Å². The predicted molar refractivity (Wildman–Crippen MR) is 86.4 cm³/mol. The maximum absolute atomic E-state index is 4.38. The number of nitrogens with zero attached hydrogens (tertiary/aromatic N) is 2. The van der Waals surface area contributed by atoms with Crippen LogP contribution in [0.2, 0.25) is 0 Å². The number of rotatable bonds is 4. The van der Waals surface area contributed by atoms with Crippen LogP contribution >= 0.6 is 15.9 Å². The smallest absolute Gasteiger partial charge is 0.195 e. The second kappa shape index (κ2) is 6.28. The molecule has 0 saturated heterocycles. The van der Waals surface area contributed by atoms with Gasteiger partial charge in [0.15, 0.2) is 5.96 Å². The Morgan fingerprint density at radius 3 is 2.68 bits per heavy atom. The predicted octanol–water partition coefficient (Wildman–Crippen LogP) is 2.97. The SMILES string of the molecule is CCN(CC)c1cc(Br)cc(NC2=NCCN2)c1C. The zero-order valence-corrected chi connectivity index (χ0v) is 13.3. The fraction of sp³-hybridized carbons (Fsp3) is 0.500. The topological polar surface area (TPSA) is 39.7 Å². The molecule has 0 saturated carbocycles. The summed E-state index contributed by atoms with van der Waals surface area (Å²) in [6.07, 6.45) is 0. The molecule has 4 nitrogen and oxygen atoms in total. The van der Waals surface area contributed by atoms with E-state index in [4.69, 9.17) is 0 Å². The van der Waals surface area contributed by atoms with Gasteiger partial charge in [-0.1, -0.05) is 15.9 Å². The zero-order chi connectivity index (χ0) is 13.8. The van der Waals surface area contributed by atoms with Gasteiger partial charge in [0.25, 0.3) is 0 Å². The van der Waals surface area contributed by atoms with Crippen LogP contribution in [0.5, 0.6) is 0 Å². The van der Waals surface area contributed by atoms with Gasteiger partial charge in [0.05, 0.1) is 6.54 Å². The molecular formula is C14H21BrN4. The molecule has 19 heavy (non-hydrogen) atoms. The Balaban J connectivity index is 2.32. The molecule has 2 N–H and O–H groups in total. The van der Waals surface area contributed by atoms with Gasteiger partial charge >= 0.3 is 0 Å². The molecule has 1 heterocycles. The highest BCUT2D eigenvalue weighted by atomic mass is 79.9. The van der Waals surface area contributed by atoms with Gasteiger partial charge in [0.2, 0.25) is 0 Å². The normalized spacial score (nSPS) is 14.0. The van der Waals surface area contributed by atoms with Crippen LogP contribution in [0.1, 0.15) is 19.4 Å². The van der Waals surface area contributed by atoms with Crippen molar-refractivity contribution in [2.75, 3.05) is 36.4 Å². The number of hydrogen-bond acceptors (Lipinski definition) is 4. The van der Waals surface area contributed by atoms with Crippen LogP contribution in [0.15, 0.2) is 21.6 Å². The van der Waals surface area contributed by atoms with Crippen molar-refractivity contribution < 1.29 is 0 Å². The summed E-state index contributed by atoms with van der Waals surface area (Å²) in [6, 6.07) is 4.28. The molecule has 0 spiro atoms. The van der Waals surface area contributed by atoms with Crippen LogP contribution in [0, 0.1) is 6.92 Å². The van der Waals surface area contributed by atoms with Gasteiger partial charge in [-0.3, -0.25) is 4.99 Å². The molecule has 5 heteroatoms. The van der Waals surface area contributed by atoms with Crippen molar-refractivity contribution in [3.63, 3.8) is 0 Å². The summed E-state index contributed by atoms with van der Waals surface area (Å²) < 4.78 is 1.08.